The molecule has 2 fully saturated rings. The summed E-state index contributed by atoms with van der Waals surface area (Å²) in [6.45, 7) is 9.73. The van der Waals surface area contributed by atoms with E-state index in [9.17, 15) is 5.26 Å². The fourth-order valence-electron chi connectivity index (χ4n) is 12.0. The maximum absolute atomic E-state index is 10.8. The van der Waals surface area contributed by atoms with Crippen LogP contribution in [0, 0.1) is 28.6 Å². The Bertz CT molecular complexity index is 2500. The second-order valence-electron chi connectivity index (χ2n) is 16.9. The molecule has 3 nitrogen and oxygen atoms in total. The lowest BCUT2D eigenvalue weighted by Crippen LogP contribution is -2.34. The summed E-state index contributed by atoms with van der Waals surface area (Å²) in [6, 6.07) is 21.1. The molecule has 222 valence electrons. The average Bonchev–Trinajstić information content (AvgIpc) is 3.59. The van der Waals surface area contributed by atoms with E-state index < -0.39 is 0 Å². The van der Waals surface area contributed by atoms with Crippen molar-refractivity contribution in [3.05, 3.63) is 76.3 Å². The van der Waals surface area contributed by atoms with Crippen LogP contribution in [0.4, 0.5) is 0 Å². The second kappa shape index (κ2) is 7.84. The molecule has 4 bridgehead atoms. The van der Waals surface area contributed by atoms with Crippen molar-refractivity contribution in [1.82, 2.24) is 4.40 Å². The average molecular weight is 587 g/mol. The first-order valence-corrected chi connectivity index (χ1v) is 17.3. The Labute approximate surface area is 263 Å². The molecule has 0 radical (unpaired) electrons. The normalized spacial score (nSPS) is 26.4. The number of nitriles is 1. The van der Waals surface area contributed by atoms with Crippen LogP contribution in [0.1, 0.15) is 106 Å². The summed E-state index contributed by atoms with van der Waals surface area (Å²) in [4.78, 5) is 0. The first-order valence-electron chi connectivity index (χ1n) is 17.3. The van der Waals surface area contributed by atoms with Crippen LogP contribution in [0.2, 0.25) is 0 Å². The summed E-state index contributed by atoms with van der Waals surface area (Å²) in [7, 11) is 0. The Balaban J connectivity index is 1.40. The molecule has 7 aromatic rings. The van der Waals surface area contributed by atoms with E-state index in [1.807, 2.05) is 0 Å². The van der Waals surface area contributed by atoms with E-state index in [0.29, 0.717) is 11.8 Å². The van der Waals surface area contributed by atoms with Gasteiger partial charge in [-0.3, -0.25) is 0 Å². The van der Waals surface area contributed by atoms with Crippen LogP contribution in [0.5, 0.6) is 0 Å². The highest BCUT2D eigenvalue weighted by Crippen LogP contribution is 2.60. The van der Waals surface area contributed by atoms with Gasteiger partial charge in [0.15, 0.2) is 0 Å². The summed E-state index contributed by atoms with van der Waals surface area (Å²) in [5.41, 5.74) is 12.9. The van der Waals surface area contributed by atoms with E-state index in [-0.39, 0.29) is 10.8 Å². The maximum atomic E-state index is 10.8. The minimum Gasteiger partial charge on any atom is -0.455 e. The van der Waals surface area contributed by atoms with Crippen molar-refractivity contribution < 1.29 is 4.42 Å². The van der Waals surface area contributed by atoms with E-state index in [1.165, 1.54) is 110 Å². The summed E-state index contributed by atoms with van der Waals surface area (Å²) in [6.07, 6.45) is 8.72. The minimum absolute atomic E-state index is 0.112. The van der Waals surface area contributed by atoms with Gasteiger partial charge in [-0.15, -0.1) is 0 Å². The van der Waals surface area contributed by atoms with Crippen molar-refractivity contribution in [3.63, 3.8) is 0 Å². The molecular weight excluding hydrogens is 548 g/mol. The summed E-state index contributed by atoms with van der Waals surface area (Å²) >= 11 is 0. The highest BCUT2D eigenvalue weighted by atomic mass is 16.3. The monoisotopic (exact) mass is 586 g/mol. The van der Waals surface area contributed by atoms with Crippen LogP contribution in [-0.4, -0.2) is 4.40 Å². The third-order valence-corrected chi connectivity index (χ3v) is 12.9. The van der Waals surface area contributed by atoms with Gasteiger partial charge in [0.05, 0.1) is 33.6 Å². The molecule has 2 atom stereocenters. The molecule has 0 saturated heterocycles. The topological polar surface area (TPSA) is 41.3 Å². The molecule has 45 heavy (non-hydrogen) atoms. The number of furan rings is 1. The molecule has 5 aliphatic rings. The molecular formula is C42H38N2O. The van der Waals surface area contributed by atoms with Crippen molar-refractivity contribution in [2.45, 2.75) is 89.9 Å². The SMILES string of the molecule is CC1(C)Cc2cc3c(cc2C(C)(C)C1)c1cc2c4ccccc4oc2c2c4c5c(c(C#N)cc4n3c12)C1CC2CC(C1)CC5C2. The number of hydrogen-bond acceptors (Lipinski definition) is 2. The summed E-state index contributed by atoms with van der Waals surface area (Å²) < 4.78 is 9.42. The van der Waals surface area contributed by atoms with Gasteiger partial charge in [-0.25, -0.2) is 0 Å². The van der Waals surface area contributed by atoms with Crippen molar-refractivity contribution in [2.75, 3.05) is 0 Å². The van der Waals surface area contributed by atoms with E-state index in [0.717, 1.165) is 35.0 Å². The van der Waals surface area contributed by atoms with E-state index in [4.69, 9.17) is 4.42 Å². The van der Waals surface area contributed by atoms with Crippen LogP contribution in [-0.2, 0) is 11.8 Å². The van der Waals surface area contributed by atoms with E-state index in [2.05, 4.69) is 86.7 Å². The highest BCUT2D eigenvalue weighted by Gasteiger charge is 2.45. The fourth-order valence-corrected chi connectivity index (χ4v) is 12.0. The predicted octanol–water partition coefficient (Wildman–Crippen LogP) is 11.2. The molecule has 3 heteroatoms. The van der Waals surface area contributed by atoms with Gasteiger partial charge in [0.1, 0.15) is 11.2 Å². The van der Waals surface area contributed by atoms with Gasteiger partial charge in [-0.1, -0.05) is 45.9 Å². The Morgan fingerprint density at radius 3 is 2.31 bits per heavy atom. The zero-order valence-corrected chi connectivity index (χ0v) is 26.7. The van der Waals surface area contributed by atoms with Gasteiger partial charge >= 0.3 is 0 Å². The van der Waals surface area contributed by atoms with E-state index in [1.54, 1.807) is 0 Å². The van der Waals surface area contributed by atoms with Crippen molar-refractivity contribution in [2.24, 2.45) is 17.3 Å². The lowest BCUT2D eigenvalue weighted by atomic mass is 9.62. The lowest BCUT2D eigenvalue weighted by molar-refractivity contribution is 0.166. The standard InChI is InChI=1S/C42H38N2O/c1-41(2)18-25-14-32-28(17-31(25)42(3,4)20-41)29-16-30-27-7-5-6-8-34(27)45-40(30)38-37-33(44(32)39(29)38)15-26(19-43)35-23-10-21-9-22(11-23)13-24(12-21)36(35)37/h5-8,14-17,21-24H,9-13,18,20H2,1-4H3. The van der Waals surface area contributed by atoms with Crippen LogP contribution in [0.15, 0.2) is 52.9 Å². The molecule has 0 amide bonds. The predicted molar refractivity (Wildman–Crippen MR) is 184 cm³/mol. The first-order chi connectivity index (χ1) is 21.7. The molecule has 3 aromatic heterocycles. The van der Waals surface area contributed by atoms with Crippen molar-refractivity contribution in [3.8, 4) is 6.07 Å². The van der Waals surface area contributed by atoms with Gasteiger partial charge in [0.25, 0.3) is 0 Å². The van der Waals surface area contributed by atoms with Crippen LogP contribution < -0.4 is 0 Å². The largest absolute Gasteiger partial charge is 0.455 e. The first kappa shape index (κ1) is 25.2. The second-order valence-corrected chi connectivity index (χ2v) is 16.9. The number of hydrogen-bond donors (Lipinski definition) is 0. The summed E-state index contributed by atoms with van der Waals surface area (Å²) in [5.74, 6) is 2.62. The number of nitrogens with zero attached hydrogens (tertiary/aromatic N) is 2. The number of rotatable bonds is 0. The van der Waals surface area contributed by atoms with Crippen molar-refractivity contribution in [1.29, 1.82) is 5.26 Å². The highest BCUT2D eigenvalue weighted by molar-refractivity contribution is 6.33. The molecule has 0 aliphatic heterocycles. The lowest BCUT2D eigenvalue weighted by Gasteiger charge is -2.42. The molecule has 0 N–H and O–H groups in total. The molecule has 3 heterocycles. The smallest absolute Gasteiger partial charge is 0.145 e. The molecule has 2 unspecified atom stereocenters. The zero-order valence-electron chi connectivity index (χ0n) is 26.7. The van der Waals surface area contributed by atoms with Gasteiger partial charge in [0, 0.05) is 26.9 Å². The van der Waals surface area contributed by atoms with Crippen LogP contribution in [0.25, 0.3) is 60.0 Å². The number of benzene rings is 4. The Kier molecular flexibility index (Phi) is 4.39. The number of aromatic nitrogens is 1. The zero-order chi connectivity index (χ0) is 30.1. The number of fused-ring (bicyclic) bond motifs is 11. The Morgan fingerprint density at radius 1 is 0.778 bits per heavy atom. The molecule has 5 aliphatic carbocycles. The van der Waals surface area contributed by atoms with Crippen LogP contribution >= 0.6 is 0 Å². The quantitative estimate of drug-likeness (QED) is 0.177. The Morgan fingerprint density at radius 2 is 1.53 bits per heavy atom. The molecule has 0 spiro atoms. The summed E-state index contributed by atoms with van der Waals surface area (Å²) in [5, 5.41) is 18.5. The third-order valence-electron chi connectivity index (χ3n) is 12.9. The minimum atomic E-state index is 0.112. The van der Waals surface area contributed by atoms with Gasteiger partial charge in [-0.05, 0) is 132 Å². The molecule has 2 saturated carbocycles. The van der Waals surface area contributed by atoms with Gasteiger partial charge in [-0.2, -0.15) is 5.26 Å². The Hall–Kier alpha value is -4.03. The molecule has 4 aromatic carbocycles. The van der Waals surface area contributed by atoms with Crippen molar-refractivity contribution >= 4 is 60.0 Å². The van der Waals surface area contributed by atoms with Gasteiger partial charge in [0.2, 0.25) is 0 Å². The third kappa shape index (κ3) is 3.03. The van der Waals surface area contributed by atoms with E-state index >= 15 is 0 Å². The van der Waals surface area contributed by atoms with Gasteiger partial charge < -0.3 is 8.82 Å². The fraction of sp³-hybridized carbons (Fsp3) is 0.405. The molecule has 12 rings (SSSR count). The van der Waals surface area contributed by atoms with Crippen LogP contribution in [0.3, 0.4) is 0 Å². The maximum Gasteiger partial charge on any atom is 0.145 e. The number of para-hydroxylation sites is 1.